The minimum Gasteiger partial charge on any atom is -0.282 e. The summed E-state index contributed by atoms with van der Waals surface area (Å²) in [5.41, 5.74) is 2.33. The van der Waals surface area contributed by atoms with Gasteiger partial charge in [0.25, 0.3) is 20.2 Å². The largest absolute Gasteiger partial charge is 0.295 e. The standard InChI is InChI=1S/C24H20N2O6S2/c1-3-17-5-4-6-18(13-17)16-26-22-12-10-20(24(15-22)34(30,31)32)8-7-19-9-11-21(25-2)14-23(19)33(27,28)29/h3-16H,1-2H2,(H,27,28,29)(H,30,31,32)/b8-7+,26-16?. The third kappa shape index (κ3) is 6.21. The quantitative estimate of drug-likeness (QED) is 0.254. The van der Waals surface area contributed by atoms with Gasteiger partial charge in [-0.15, -0.1) is 0 Å². The molecule has 0 heterocycles. The van der Waals surface area contributed by atoms with Crippen molar-refractivity contribution in [2.24, 2.45) is 9.98 Å². The van der Waals surface area contributed by atoms with Crippen LogP contribution in [0, 0.1) is 0 Å². The number of aliphatic imine (C=N–C) groups is 2. The highest BCUT2D eigenvalue weighted by Gasteiger charge is 2.17. The number of hydrogen-bond acceptors (Lipinski definition) is 6. The van der Waals surface area contributed by atoms with Crippen LogP contribution in [0.3, 0.4) is 0 Å². The molecule has 10 heteroatoms. The lowest BCUT2D eigenvalue weighted by atomic mass is 10.1. The van der Waals surface area contributed by atoms with E-state index in [1.54, 1.807) is 12.3 Å². The first-order valence-corrected chi connectivity index (χ1v) is 12.5. The topological polar surface area (TPSA) is 133 Å². The Morgan fingerprint density at radius 3 is 1.79 bits per heavy atom. The van der Waals surface area contributed by atoms with E-state index in [9.17, 15) is 25.9 Å². The molecule has 174 valence electrons. The van der Waals surface area contributed by atoms with E-state index in [2.05, 4.69) is 23.3 Å². The first-order chi connectivity index (χ1) is 16.0. The summed E-state index contributed by atoms with van der Waals surface area (Å²) in [5.74, 6) is 0. The van der Waals surface area contributed by atoms with Crippen molar-refractivity contribution in [1.82, 2.24) is 0 Å². The van der Waals surface area contributed by atoms with Gasteiger partial charge in [0.2, 0.25) is 0 Å². The van der Waals surface area contributed by atoms with Crippen molar-refractivity contribution < 1.29 is 25.9 Å². The monoisotopic (exact) mass is 496 g/mol. The van der Waals surface area contributed by atoms with E-state index in [0.717, 1.165) is 17.2 Å². The number of rotatable bonds is 8. The van der Waals surface area contributed by atoms with Crippen LogP contribution in [0.2, 0.25) is 0 Å². The Bertz CT molecular complexity index is 1540. The zero-order chi connectivity index (χ0) is 24.9. The Morgan fingerprint density at radius 1 is 0.735 bits per heavy atom. The Labute approximate surface area is 197 Å². The fraction of sp³-hybridized carbons (Fsp3) is 0. The van der Waals surface area contributed by atoms with Crippen LogP contribution in [0.4, 0.5) is 11.4 Å². The van der Waals surface area contributed by atoms with E-state index in [-0.39, 0.29) is 22.5 Å². The molecule has 3 aromatic rings. The van der Waals surface area contributed by atoms with E-state index in [1.807, 2.05) is 24.3 Å². The highest BCUT2D eigenvalue weighted by Crippen LogP contribution is 2.27. The van der Waals surface area contributed by atoms with Gasteiger partial charge in [-0.3, -0.25) is 19.1 Å². The fourth-order valence-corrected chi connectivity index (χ4v) is 4.45. The molecule has 0 unspecified atom stereocenters. The van der Waals surface area contributed by atoms with Crippen LogP contribution in [-0.2, 0) is 20.2 Å². The highest BCUT2D eigenvalue weighted by molar-refractivity contribution is 7.86. The maximum atomic E-state index is 12.0. The molecule has 0 amide bonds. The van der Waals surface area contributed by atoms with Crippen molar-refractivity contribution in [3.63, 3.8) is 0 Å². The second-order valence-electron chi connectivity index (χ2n) is 7.02. The molecule has 0 radical (unpaired) electrons. The molecular formula is C24H20N2O6S2. The van der Waals surface area contributed by atoms with Crippen molar-refractivity contribution in [3.05, 3.63) is 89.5 Å². The van der Waals surface area contributed by atoms with Gasteiger partial charge in [-0.05, 0) is 59.3 Å². The third-order valence-electron chi connectivity index (χ3n) is 4.68. The number of hydrogen-bond donors (Lipinski definition) is 2. The van der Waals surface area contributed by atoms with Gasteiger partial charge in [0.15, 0.2) is 0 Å². The molecule has 0 atom stereocenters. The van der Waals surface area contributed by atoms with Crippen LogP contribution in [0.1, 0.15) is 22.3 Å². The average Bonchev–Trinajstić information content (AvgIpc) is 2.80. The van der Waals surface area contributed by atoms with E-state index < -0.39 is 30.0 Å². The summed E-state index contributed by atoms with van der Waals surface area (Å²) < 4.78 is 66.7. The van der Waals surface area contributed by atoms with Crippen LogP contribution in [0.15, 0.2) is 87.0 Å². The molecule has 0 saturated heterocycles. The van der Waals surface area contributed by atoms with Gasteiger partial charge in [0, 0.05) is 6.21 Å². The first kappa shape index (κ1) is 24.9. The van der Waals surface area contributed by atoms with Crippen molar-refractivity contribution in [2.45, 2.75) is 9.79 Å². The molecule has 3 aromatic carbocycles. The van der Waals surface area contributed by atoms with Gasteiger partial charge in [-0.2, -0.15) is 16.8 Å². The Kier molecular flexibility index (Phi) is 7.38. The molecule has 0 aliphatic heterocycles. The average molecular weight is 497 g/mol. The summed E-state index contributed by atoms with van der Waals surface area (Å²) >= 11 is 0. The fourth-order valence-electron chi connectivity index (χ4n) is 3.04. The normalized spacial score (nSPS) is 12.3. The van der Waals surface area contributed by atoms with Crippen molar-refractivity contribution in [3.8, 4) is 0 Å². The van der Waals surface area contributed by atoms with Crippen LogP contribution in [0.25, 0.3) is 18.2 Å². The van der Waals surface area contributed by atoms with Gasteiger partial charge in [0.1, 0.15) is 9.79 Å². The van der Waals surface area contributed by atoms with Gasteiger partial charge >= 0.3 is 0 Å². The van der Waals surface area contributed by atoms with Crippen molar-refractivity contribution in [1.29, 1.82) is 0 Å². The van der Waals surface area contributed by atoms with Crippen LogP contribution < -0.4 is 0 Å². The summed E-state index contributed by atoms with van der Waals surface area (Å²) in [5, 5.41) is 0. The Balaban J connectivity index is 2.02. The SMILES string of the molecule is C=Cc1cccc(C=Nc2ccc(/C=C/c3ccc(N=C)cc3S(=O)(=O)O)c(S(=O)(=O)O)c2)c1. The zero-order valence-electron chi connectivity index (χ0n) is 17.7. The molecule has 0 aliphatic carbocycles. The van der Waals surface area contributed by atoms with Crippen LogP contribution in [0.5, 0.6) is 0 Å². The van der Waals surface area contributed by atoms with Gasteiger partial charge in [-0.25, -0.2) is 0 Å². The van der Waals surface area contributed by atoms with Crippen molar-refractivity contribution >= 4 is 62.8 Å². The summed E-state index contributed by atoms with van der Waals surface area (Å²) in [6.07, 6.45) is 5.82. The summed E-state index contributed by atoms with van der Waals surface area (Å²) in [7, 11) is -9.22. The van der Waals surface area contributed by atoms with Crippen molar-refractivity contribution in [2.75, 3.05) is 0 Å². The molecule has 0 bridgehead atoms. The smallest absolute Gasteiger partial charge is 0.282 e. The second kappa shape index (κ2) is 10.1. The second-order valence-corrected chi connectivity index (χ2v) is 9.80. The summed E-state index contributed by atoms with van der Waals surface area (Å²) in [4.78, 5) is 7.05. The predicted molar refractivity (Wildman–Crippen MR) is 134 cm³/mol. The van der Waals surface area contributed by atoms with E-state index in [1.165, 1.54) is 42.5 Å². The van der Waals surface area contributed by atoms with E-state index >= 15 is 0 Å². The van der Waals surface area contributed by atoms with E-state index in [0.29, 0.717) is 0 Å². The lowest BCUT2D eigenvalue weighted by molar-refractivity contribution is 0.480. The third-order valence-corrected chi connectivity index (χ3v) is 6.50. The molecule has 0 spiro atoms. The van der Waals surface area contributed by atoms with Crippen LogP contribution in [-0.4, -0.2) is 38.9 Å². The molecular weight excluding hydrogens is 476 g/mol. The zero-order valence-corrected chi connectivity index (χ0v) is 19.4. The molecule has 3 rings (SSSR count). The Hall–Kier alpha value is -3.70. The molecule has 0 aliphatic rings. The molecule has 0 fully saturated rings. The minimum absolute atomic E-state index is 0.0837. The summed E-state index contributed by atoms with van der Waals surface area (Å²) in [6.45, 7) is 7.02. The molecule has 8 nitrogen and oxygen atoms in total. The molecule has 0 aromatic heterocycles. The first-order valence-electron chi connectivity index (χ1n) is 9.66. The molecule has 2 N–H and O–H groups in total. The maximum Gasteiger partial charge on any atom is 0.295 e. The lowest BCUT2D eigenvalue weighted by Gasteiger charge is -2.06. The highest BCUT2D eigenvalue weighted by atomic mass is 32.2. The van der Waals surface area contributed by atoms with Gasteiger partial charge < -0.3 is 0 Å². The van der Waals surface area contributed by atoms with Gasteiger partial charge in [0.05, 0.1) is 11.4 Å². The lowest BCUT2D eigenvalue weighted by Crippen LogP contribution is -2.01. The van der Waals surface area contributed by atoms with Crippen LogP contribution >= 0.6 is 0 Å². The Morgan fingerprint density at radius 2 is 1.26 bits per heavy atom. The maximum absolute atomic E-state index is 12.0. The predicted octanol–water partition coefficient (Wildman–Crippen LogP) is 5.08. The molecule has 34 heavy (non-hydrogen) atoms. The van der Waals surface area contributed by atoms with Gasteiger partial charge in [-0.1, -0.05) is 55.1 Å². The minimum atomic E-state index is -4.63. The number of nitrogens with zero attached hydrogens (tertiary/aromatic N) is 2. The number of benzene rings is 3. The summed E-state index contributed by atoms with van der Waals surface area (Å²) in [6, 6.07) is 15.5. The van der Waals surface area contributed by atoms with E-state index in [4.69, 9.17) is 0 Å². The molecule has 0 saturated carbocycles.